The molecule has 0 spiro atoms. The molecule has 0 aliphatic carbocycles. The molecule has 3 heteroatoms. The Morgan fingerprint density at radius 1 is 0.944 bits per heavy atom. The average molecular weight is 235 g/mol. The molecular formula is C15H13N3. The molecule has 0 amide bonds. The van der Waals surface area contributed by atoms with E-state index in [-0.39, 0.29) is 0 Å². The molecular weight excluding hydrogens is 222 g/mol. The Labute approximate surface area is 106 Å². The number of hydrogen-bond acceptors (Lipinski definition) is 3. The van der Waals surface area contributed by atoms with Crippen LogP contribution in [0.2, 0.25) is 0 Å². The van der Waals surface area contributed by atoms with Gasteiger partial charge in [0.15, 0.2) is 0 Å². The Morgan fingerprint density at radius 2 is 1.83 bits per heavy atom. The molecule has 0 radical (unpaired) electrons. The first-order chi connectivity index (χ1) is 8.92. The van der Waals surface area contributed by atoms with Crippen molar-refractivity contribution < 1.29 is 0 Å². The van der Waals surface area contributed by atoms with Crippen molar-refractivity contribution in [1.29, 1.82) is 0 Å². The minimum atomic E-state index is 0.709. The SMILES string of the molecule is c1ccc2cc(NCc3ccncn3)ccc2c1. The molecule has 0 bridgehead atoms. The molecule has 3 rings (SSSR count). The molecule has 0 atom stereocenters. The van der Waals surface area contributed by atoms with E-state index in [1.165, 1.54) is 10.8 Å². The van der Waals surface area contributed by atoms with Crippen molar-refractivity contribution >= 4 is 16.5 Å². The lowest BCUT2D eigenvalue weighted by Gasteiger charge is -2.07. The molecule has 3 nitrogen and oxygen atoms in total. The number of fused-ring (bicyclic) bond motifs is 1. The van der Waals surface area contributed by atoms with Gasteiger partial charge in [-0.2, -0.15) is 0 Å². The predicted molar refractivity (Wildman–Crippen MR) is 73.3 cm³/mol. The normalized spacial score (nSPS) is 10.4. The average Bonchev–Trinajstić information content (AvgIpc) is 2.46. The smallest absolute Gasteiger partial charge is 0.115 e. The van der Waals surface area contributed by atoms with Crippen LogP contribution in [0.25, 0.3) is 10.8 Å². The lowest BCUT2D eigenvalue weighted by molar-refractivity contribution is 1.01. The van der Waals surface area contributed by atoms with Gasteiger partial charge in [0.1, 0.15) is 6.33 Å². The largest absolute Gasteiger partial charge is 0.379 e. The molecule has 1 heterocycles. The summed E-state index contributed by atoms with van der Waals surface area (Å²) in [5.41, 5.74) is 2.09. The summed E-state index contributed by atoms with van der Waals surface area (Å²) in [6, 6.07) is 16.6. The first-order valence-corrected chi connectivity index (χ1v) is 5.89. The van der Waals surface area contributed by atoms with Crippen molar-refractivity contribution in [3.05, 3.63) is 66.7 Å². The Hall–Kier alpha value is -2.42. The van der Waals surface area contributed by atoms with Gasteiger partial charge in [0.25, 0.3) is 0 Å². The van der Waals surface area contributed by atoms with Gasteiger partial charge in [0, 0.05) is 11.9 Å². The Kier molecular flexibility index (Phi) is 2.88. The molecule has 1 N–H and O–H groups in total. The van der Waals surface area contributed by atoms with E-state index in [1.807, 2.05) is 6.07 Å². The number of nitrogens with zero attached hydrogens (tertiary/aromatic N) is 2. The lowest BCUT2D eigenvalue weighted by Crippen LogP contribution is -2.01. The van der Waals surface area contributed by atoms with Crippen LogP contribution in [0.3, 0.4) is 0 Å². The fourth-order valence-corrected chi connectivity index (χ4v) is 1.91. The van der Waals surface area contributed by atoms with Crippen molar-refractivity contribution in [3.8, 4) is 0 Å². The summed E-state index contributed by atoms with van der Waals surface area (Å²) in [5, 5.41) is 5.86. The summed E-state index contributed by atoms with van der Waals surface area (Å²) in [5.74, 6) is 0. The van der Waals surface area contributed by atoms with Gasteiger partial charge in [-0.05, 0) is 29.0 Å². The van der Waals surface area contributed by atoms with Crippen molar-refractivity contribution in [1.82, 2.24) is 9.97 Å². The molecule has 0 unspecified atom stereocenters. The summed E-state index contributed by atoms with van der Waals surface area (Å²) in [6.07, 6.45) is 3.32. The van der Waals surface area contributed by atoms with Crippen molar-refractivity contribution in [2.75, 3.05) is 5.32 Å². The molecule has 1 aromatic heterocycles. The molecule has 0 saturated carbocycles. The number of anilines is 1. The third-order valence-electron chi connectivity index (χ3n) is 2.87. The summed E-state index contributed by atoms with van der Waals surface area (Å²) in [7, 11) is 0. The standard InChI is InChI=1S/C15H13N3/c1-2-4-13-9-14(6-5-12(13)3-1)17-10-15-7-8-16-11-18-15/h1-9,11,17H,10H2. The molecule has 88 valence electrons. The second-order valence-corrected chi connectivity index (χ2v) is 4.12. The van der Waals surface area contributed by atoms with Gasteiger partial charge < -0.3 is 5.32 Å². The van der Waals surface area contributed by atoms with E-state index in [9.17, 15) is 0 Å². The van der Waals surface area contributed by atoms with Crippen LogP contribution < -0.4 is 5.32 Å². The molecule has 0 fully saturated rings. The minimum Gasteiger partial charge on any atom is -0.379 e. The fraction of sp³-hybridized carbons (Fsp3) is 0.0667. The molecule has 18 heavy (non-hydrogen) atoms. The quantitative estimate of drug-likeness (QED) is 0.757. The maximum absolute atomic E-state index is 4.18. The molecule has 3 aromatic rings. The van der Waals surface area contributed by atoms with Gasteiger partial charge in [0.2, 0.25) is 0 Å². The highest BCUT2D eigenvalue weighted by Gasteiger charge is 1.97. The molecule has 0 saturated heterocycles. The number of hydrogen-bond donors (Lipinski definition) is 1. The van der Waals surface area contributed by atoms with Crippen molar-refractivity contribution in [3.63, 3.8) is 0 Å². The summed E-state index contributed by atoms with van der Waals surface area (Å²) in [6.45, 7) is 0.709. The Morgan fingerprint density at radius 3 is 2.67 bits per heavy atom. The Balaban J connectivity index is 1.79. The molecule has 0 aliphatic heterocycles. The van der Waals surface area contributed by atoms with Crippen LogP contribution in [-0.2, 0) is 6.54 Å². The van der Waals surface area contributed by atoms with Gasteiger partial charge in [-0.25, -0.2) is 9.97 Å². The van der Waals surface area contributed by atoms with Crippen LogP contribution in [-0.4, -0.2) is 9.97 Å². The highest BCUT2D eigenvalue weighted by molar-refractivity contribution is 5.85. The van der Waals surface area contributed by atoms with Crippen LogP contribution in [0.4, 0.5) is 5.69 Å². The van der Waals surface area contributed by atoms with E-state index in [1.54, 1.807) is 12.5 Å². The van der Waals surface area contributed by atoms with Gasteiger partial charge in [-0.3, -0.25) is 0 Å². The number of benzene rings is 2. The zero-order chi connectivity index (χ0) is 12.2. The first-order valence-electron chi connectivity index (χ1n) is 5.89. The minimum absolute atomic E-state index is 0.709. The topological polar surface area (TPSA) is 37.8 Å². The lowest BCUT2D eigenvalue weighted by atomic mass is 10.1. The first kappa shape index (κ1) is 10.7. The maximum atomic E-state index is 4.18. The van der Waals surface area contributed by atoms with Gasteiger partial charge in [0.05, 0.1) is 12.2 Å². The van der Waals surface area contributed by atoms with Gasteiger partial charge in [-0.1, -0.05) is 30.3 Å². The van der Waals surface area contributed by atoms with Crippen LogP contribution in [0.15, 0.2) is 61.1 Å². The van der Waals surface area contributed by atoms with Crippen LogP contribution in [0.1, 0.15) is 5.69 Å². The summed E-state index contributed by atoms with van der Waals surface area (Å²) >= 11 is 0. The number of nitrogens with one attached hydrogen (secondary N) is 1. The molecule has 2 aromatic carbocycles. The van der Waals surface area contributed by atoms with E-state index >= 15 is 0 Å². The van der Waals surface area contributed by atoms with Gasteiger partial charge >= 0.3 is 0 Å². The van der Waals surface area contributed by atoms with E-state index in [4.69, 9.17) is 0 Å². The zero-order valence-electron chi connectivity index (χ0n) is 9.88. The zero-order valence-corrected chi connectivity index (χ0v) is 9.88. The second kappa shape index (κ2) is 4.84. The maximum Gasteiger partial charge on any atom is 0.115 e. The third-order valence-corrected chi connectivity index (χ3v) is 2.87. The highest BCUT2D eigenvalue weighted by Crippen LogP contribution is 2.19. The molecule has 0 aliphatic rings. The predicted octanol–water partition coefficient (Wildman–Crippen LogP) is 3.24. The fourth-order valence-electron chi connectivity index (χ4n) is 1.91. The van der Waals surface area contributed by atoms with Crippen LogP contribution in [0, 0.1) is 0 Å². The van der Waals surface area contributed by atoms with Gasteiger partial charge in [-0.15, -0.1) is 0 Å². The second-order valence-electron chi connectivity index (χ2n) is 4.12. The summed E-state index contributed by atoms with van der Waals surface area (Å²) < 4.78 is 0. The summed E-state index contributed by atoms with van der Waals surface area (Å²) in [4.78, 5) is 8.08. The van der Waals surface area contributed by atoms with E-state index < -0.39 is 0 Å². The number of rotatable bonds is 3. The van der Waals surface area contributed by atoms with Crippen molar-refractivity contribution in [2.45, 2.75) is 6.54 Å². The monoisotopic (exact) mass is 235 g/mol. The third kappa shape index (κ3) is 2.30. The van der Waals surface area contributed by atoms with Crippen molar-refractivity contribution in [2.24, 2.45) is 0 Å². The van der Waals surface area contributed by atoms with E-state index in [2.05, 4.69) is 57.7 Å². The Bertz CT molecular complexity index is 650. The number of aromatic nitrogens is 2. The van der Waals surface area contributed by atoms with Crippen LogP contribution >= 0.6 is 0 Å². The van der Waals surface area contributed by atoms with E-state index in [0.717, 1.165) is 11.4 Å². The van der Waals surface area contributed by atoms with Crippen LogP contribution in [0.5, 0.6) is 0 Å². The highest BCUT2D eigenvalue weighted by atomic mass is 14.9. The van der Waals surface area contributed by atoms with E-state index in [0.29, 0.717) is 6.54 Å².